The number of aryl methyl sites for hydroxylation is 1. The standard InChI is InChI=1S/C25H21NO/c1-19-7-13-23(14-8-19)26(22-5-3-2-4-6-22)24-15-9-20(10-16-24)21-11-17-25(27)18-12-21/h2-18,27H,1H3. The van der Waals surface area contributed by atoms with Crippen molar-refractivity contribution in [2.75, 3.05) is 4.90 Å². The fourth-order valence-corrected chi connectivity index (χ4v) is 3.17. The number of benzene rings is 4. The molecule has 0 amide bonds. The number of aromatic hydroxyl groups is 1. The first kappa shape index (κ1) is 16.9. The third kappa shape index (κ3) is 3.70. The van der Waals surface area contributed by atoms with E-state index >= 15 is 0 Å². The van der Waals surface area contributed by atoms with Gasteiger partial charge in [-0.2, -0.15) is 0 Å². The van der Waals surface area contributed by atoms with Gasteiger partial charge in [0.1, 0.15) is 5.75 Å². The summed E-state index contributed by atoms with van der Waals surface area (Å²) >= 11 is 0. The monoisotopic (exact) mass is 351 g/mol. The molecule has 4 aromatic carbocycles. The van der Waals surface area contributed by atoms with E-state index in [-0.39, 0.29) is 5.75 Å². The molecule has 132 valence electrons. The molecule has 0 fully saturated rings. The van der Waals surface area contributed by atoms with E-state index in [0.29, 0.717) is 0 Å². The number of hydrogen-bond acceptors (Lipinski definition) is 2. The predicted octanol–water partition coefficient (Wildman–Crippen LogP) is 6.84. The normalized spacial score (nSPS) is 10.6. The molecule has 4 aromatic rings. The Labute approximate surface area is 160 Å². The Morgan fingerprint density at radius 1 is 0.519 bits per heavy atom. The average Bonchev–Trinajstić information content (AvgIpc) is 2.72. The Morgan fingerprint density at radius 2 is 0.963 bits per heavy atom. The van der Waals surface area contributed by atoms with Gasteiger partial charge in [0, 0.05) is 17.1 Å². The van der Waals surface area contributed by atoms with Gasteiger partial charge < -0.3 is 10.0 Å². The molecule has 4 rings (SSSR count). The summed E-state index contributed by atoms with van der Waals surface area (Å²) in [6.45, 7) is 2.10. The van der Waals surface area contributed by atoms with E-state index in [1.165, 1.54) is 5.56 Å². The zero-order valence-electron chi connectivity index (χ0n) is 15.2. The summed E-state index contributed by atoms with van der Waals surface area (Å²) in [6, 6.07) is 34.7. The van der Waals surface area contributed by atoms with E-state index in [9.17, 15) is 5.11 Å². The Balaban J connectivity index is 1.74. The number of para-hydroxylation sites is 1. The molecule has 1 N–H and O–H groups in total. The molecular formula is C25H21NO. The fraction of sp³-hybridized carbons (Fsp3) is 0.0400. The van der Waals surface area contributed by atoms with Crippen LogP contribution in [0.4, 0.5) is 17.1 Å². The van der Waals surface area contributed by atoms with Crippen molar-refractivity contribution in [2.45, 2.75) is 6.92 Å². The van der Waals surface area contributed by atoms with E-state index in [4.69, 9.17) is 0 Å². The summed E-state index contributed by atoms with van der Waals surface area (Å²) < 4.78 is 0. The second-order valence-electron chi connectivity index (χ2n) is 6.60. The number of rotatable bonds is 4. The van der Waals surface area contributed by atoms with Crippen LogP contribution in [0.1, 0.15) is 5.56 Å². The van der Waals surface area contributed by atoms with Crippen molar-refractivity contribution in [2.24, 2.45) is 0 Å². The first-order valence-electron chi connectivity index (χ1n) is 9.02. The third-order valence-corrected chi connectivity index (χ3v) is 4.63. The Morgan fingerprint density at radius 3 is 1.52 bits per heavy atom. The van der Waals surface area contributed by atoms with Crippen LogP contribution >= 0.6 is 0 Å². The molecule has 0 aliphatic rings. The van der Waals surface area contributed by atoms with Crippen LogP contribution < -0.4 is 4.90 Å². The molecule has 0 radical (unpaired) electrons. The SMILES string of the molecule is Cc1ccc(N(c2ccccc2)c2ccc(-c3ccc(O)cc3)cc2)cc1. The molecule has 0 atom stereocenters. The molecule has 27 heavy (non-hydrogen) atoms. The van der Waals surface area contributed by atoms with Crippen LogP contribution in [0.25, 0.3) is 11.1 Å². The van der Waals surface area contributed by atoms with Crippen molar-refractivity contribution in [3.63, 3.8) is 0 Å². The van der Waals surface area contributed by atoms with Crippen molar-refractivity contribution in [1.29, 1.82) is 0 Å². The Hall–Kier alpha value is -3.52. The van der Waals surface area contributed by atoms with Crippen LogP contribution in [0.5, 0.6) is 5.75 Å². The first-order valence-corrected chi connectivity index (χ1v) is 9.02. The van der Waals surface area contributed by atoms with Crippen LogP contribution in [0.2, 0.25) is 0 Å². The van der Waals surface area contributed by atoms with E-state index in [1.54, 1.807) is 12.1 Å². The molecule has 0 spiro atoms. The van der Waals surface area contributed by atoms with Crippen LogP contribution in [0.15, 0.2) is 103 Å². The number of phenols is 1. The van der Waals surface area contributed by atoms with E-state index in [1.807, 2.05) is 18.2 Å². The maximum atomic E-state index is 9.49. The zero-order valence-corrected chi connectivity index (χ0v) is 15.2. The van der Waals surface area contributed by atoms with Crippen LogP contribution in [0, 0.1) is 6.92 Å². The number of nitrogens with zero attached hydrogens (tertiary/aromatic N) is 1. The van der Waals surface area contributed by atoms with Gasteiger partial charge in [-0.25, -0.2) is 0 Å². The van der Waals surface area contributed by atoms with Crippen LogP contribution in [0.3, 0.4) is 0 Å². The molecule has 0 bridgehead atoms. The first-order chi connectivity index (χ1) is 13.2. The molecule has 0 aliphatic heterocycles. The molecular weight excluding hydrogens is 330 g/mol. The fourth-order valence-electron chi connectivity index (χ4n) is 3.17. The summed E-state index contributed by atoms with van der Waals surface area (Å²) in [5, 5.41) is 9.49. The van der Waals surface area contributed by atoms with Crippen molar-refractivity contribution in [3.05, 3.63) is 109 Å². The number of phenolic OH excluding ortho intramolecular Hbond substituents is 1. The highest BCUT2D eigenvalue weighted by atomic mass is 16.3. The van der Waals surface area contributed by atoms with Gasteiger partial charge in [-0.15, -0.1) is 0 Å². The van der Waals surface area contributed by atoms with Gasteiger partial charge in [-0.1, -0.05) is 60.2 Å². The molecule has 0 aromatic heterocycles. The smallest absolute Gasteiger partial charge is 0.115 e. The maximum absolute atomic E-state index is 9.49. The molecule has 2 heteroatoms. The molecule has 2 nitrogen and oxygen atoms in total. The highest BCUT2D eigenvalue weighted by Crippen LogP contribution is 2.35. The molecule has 0 saturated heterocycles. The van der Waals surface area contributed by atoms with E-state index < -0.39 is 0 Å². The lowest BCUT2D eigenvalue weighted by molar-refractivity contribution is 0.475. The van der Waals surface area contributed by atoms with Crippen molar-refractivity contribution in [1.82, 2.24) is 0 Å². The van der Waals surface area contributed by atoms with Gasteiger partial charge in [0.05, 0.1) is 0 Å². The van der Waals surface area contributed by atoms with Crippen LogP contribution in [-0.2, 0) is 0 Å². The van der Waals surface area contributed by atoms with Gasteiger partial charge in [0.25, 0.3) is 0 Å². The zero-order chi connectivity index (χ0) is 18.6. The van der Waals surface area contributed by atoms with Crippen molar-refractivity contribution < 1.29 is 5.11 Å². The van der Waals surface area contributed by atoms with Gasteiger partial charge in [-0.05, 0) is 66.6 Å². The summed E-state index contributed by atoms with van der Waals surface area (Å²) in [7, 11) is 0. The highest BCUT2D eigenvalue weighted by Gasteiger charge is 2.12. The topological polar surface area (TPSA) is 23.5 Å². The van der Waals surface area contributed by atoms with Gasteiger partial charge in [0.15, 0.2) is 0 Å². The largest absolute Gasteiger partial charge is 0.508 e. The maximum Gasteiger partial charge on any atom is 0.115 e. The number of hydrogen-bond donors (Lipinski definition) is 1. The second-order valence-corrected chi connectivity index (χ2v) is 6.60. The van der Waals surface area contributed by atoms with Gasteiger partial charge >= 0.3 is 0 Å². The Bertz CT molecular complexity index is 1000. The van der Waals surface area contributed by atoms with E-state index in [2.05, 4.69) is 84.6 Å². The van der Waals surface area contributed by atoms with Gasteiger partial charge in [-0.3, -0.25) is 0 Å². The lowest BCUT2D eigenvalue weighted by Gasteiger charge is -2.25. The molecule has 0 heterocycles. The van der Waals surface area contributed by atoms with Crippen molar-refractivity contribution >= 4 is 17.1 Å². The molecule has 0 unspecified atom stereocenters. The summed E-state index contributed by atoms with van der Waals surface area (Å²) in [5.74, 6) is 0.282. The van der Waals surface area contributed by atoms with E-state index in [0.717, 1.165) is 28.2 Å². The third-order valence-electron chi connectivity index (χ3n) is 4.63. The summed E-state index contributed by atoms with van der Waals surface area (Å²) in [4.78, 5) is 2.25. The molecule has 0 aliphatic carbocycles. The predicted molar refractivity (Wildman–Crippen MR) is 113 cm³/mol. The van der Waals surface area contributed by atoms with Crippen LogP contribution in [-0.4, -0.2) is 5.11 Å². The molecule has 0 saturated carbocycles. The van der Waals surface area contributed by atoms with Crippen molar-refractivity contribution in [3.8, 4) is 16.9 Å². The summed E-state index contributed by atoms with van der Waals surface area (Å²) in [6.07, 6.45) is 0. The van der Waals surface area contributed by atoms with Gasteiger partial charge in [0.2, 0.25) is 0 Å². The average molecular weight is 351 g/mol. The lowest BCUT2D eigenvalue weighted by atomic mass is 10.0. The minimum absolute atomic E-state index is 0.282. The minimum Gasteiger partial charge on any atom is -0.508 e. The number of anilines is 3. The summed E-state index contributed by atoms with van der Waals surface area (Å²) in [5.41, 5.74) is 6.81. The Kier molecular flexibility index (Phi) is 4.63. The lowest BCUT2D eigenvalue weighted by Crippen LogP contribution is -2.09. The quantitative estimate of drug-likeness (QED) is 0.435. The minimum atomic E-state index is 0.282. The highest BCUT2D eigenvalue weighted by molar-refractivity contribution is 5.78. The second kappa shape index (κ2) is 7.38.